The van der Waals surface area contributed by atoms with Gasteiger partial charge in [-0.1, -0.05) is 77.2 Å². The summed E-state index contributed by atoms with van der Waals surface area (Å²) in [5, 5.41) is 13.4. The van der Waals surface area contributed by atoms with Gasteiger partial charge in [-0.2, -0.15) is 0 Å². The van der Waals surface area contributed by atoms with Crippen molar-refractivity contribution >= 4 is 39.8 Å². The lowest BCUT2D eigenvalue weighted by Crippen LogP contribution is -2.04. The monoisotopic (exact) mass is 361 g/mol. The van der Waals surface area contributed by atoms with Crippen molar-refractivity contribution in [3.05, 3.63) is 70.7 Å². The molecule has 0 aliphatic carbocycles. The Hall–Kier alpha value is -1.56. The number of anilines is 1. The van der Waals surface area contributed by atoms with Crippen molar-refractivity contribution in [1.29, 1.82) is 0 Å². The molecule has 6 heteroatoms. The van der Waals surface area contributed by atoms with Gasteiger partial charge in [-0.3, -0.25) is 0 Å². The number of benzene rings is 2. The molecule has 0 bridgehead atoms. The van der Waals surface area contributed by atoms with Crippen LogP contribution in [0.25, 0.3) is 0 Å². The van der Waals surface area contributed by atoms with Gasteiger partial charge in [0.05, 0.1) is 0 Å². The highest BCUT2D eigenvalue weighted by Crippen LogP contribution is 2.28. The average Bonchev–Trinajstić information content (AvgIpc) is 3.03. The fourth-order valence-corrected chi connectivity index (χ4v) is 3.88. The Labute approximate surface area is 149 Å². The van der Waals surface area contributed by atoms with Crippen molar-refractivity contribution in [2.75, 3.05) is 11.9 Å². The molecule has 0 aliphatic heterocycles. The van der Waals surface area contributed by atoms with Gasteiger partial charge in [0, 0.05) is 17.3 Å². The molecule has 0 unspecified atom stereocenters. The number of halogens is 1. The Kier molecular flexibility index (Phi) is 5.91. The summed E-state index contributed by atoms with van der Waals surface area (Å²) in [6.45, 7) is 0.862. The molecule has 0 saturated heterocycles. The van der Waals surface area contributed by atoms with Gasteiger partial charge < -0.3 is 5.32 Å². The van der Waals surface area contributed by atoms with E-state index in [1.165, 1.54) is 11.1 Å². The highest BCUT2D eigenvalue weighted by Gasteiger charge is 2.05. The molecule has 3 aromatic rings. The summed E-state index contributed by atoms with van der Waals surface area (Å²) < 4.78 is 0.974. The minimum absolute atomic E-state index is 0.763. The summed E-state index contributed by atoms with van der Waals surface area (Å²) in [6, 6.07) is 18.3. The van der Waals surface area contributed by atoms with Crippen molar-refractivity contribution < 1.29 is 0 Å². The standard InChI is InChI=1S/C17H16ClN3S2/c18-15-8-6-14(7-9-15)12-22-17-21-20-16(23-17)19-11-10-13-4-2-1-3-5-13/h1-9H,10-12H2,(H,19,20). The first-order valence-electron chi connectivity index (χ1n) is 7.28. The Balaban J connectivity index is 1.45. The second kappa shape index (κ2) is 8.34. The Bertz CT molecular complexity index is 729. The van der Waals surface area contributed by atoms with Crippen molar-refractivity contribution in [3.63, 3.8) is 0 Å². The average molecular weight is 362 g/mol. The maximum atomic E-state index is 5.89. The minimum atomic E-state index is 0.763. The maximum absolute atomic E-state index is 5.89. The molecule has 1 aromatic heterocycles. The lowest BCUT2D eigenvalue weighted by atomic mass is 10.2. The molecule has 2 aromatic carbocycles. The third kappa shape index (κ3) is 5.23. The summed E-state index contributed by atoms with van der Waals surface area (Å²) >= 11 is 9.18. The van der Waals surface area contributed by atoms with E-state index in [4.69, 9.17) is 11.6 Å². The van der Waals surface area contributed by atoms with E-state index < -0.39 is 0 Å². The fraction of sp³-hybridized carbons (Fsp3) is 0.176. The van der Waals surface area contributed by atoms with E-state index in [9.17, 15) is 0 Å². The molecule has 0 amide bonds. The molecule has 3 rings (SSSR count). The molecule has 0 radical (unpaired) electrons. The number of hydrogen-bond acceptors (Lipinski definition) is 5. The van der Waals surface area contributed by atoms with Gasteiger partial charge in [0.15, 0.2) is 4.34 Å². The van der Waals surface area contributed by atoms with Crippen molar-refractivity contribution in [3.8, 4) is 0 Å². The van der Waals surface area contributed by atoms with Crippen LogP contribution >= 0.6 is 34.7 Å². The number of nitrogens with one attached hydrogen (secondary N) is 1. The van der Waals surface area contributed by atoms with Crippen molar-refractivity contribution in [2.45, 2.75) is 16.5 Å². The minimum Gasteiger partial charge on any atom is -0.360 e. The highest BCUT2D eigenvalue weighted by molar-refractivity contribution is 8.00. The SMILES string of the molecule is Clc1ccc(CSc2nnc(NCCc3ccccc3)s2)cc1. The smallest absolute Gasteiger partial charge is 0.206 e. The maximum Gasteiger partial charge on any atom is 0.206 e. The number of thioether (sulfide) groups is 1. The first-order chi connectivity index (χ1) is 11.3. The zero-order chi connectivity index (χ0) is 15.9. The molecule has 0 atom stereocenters. The number of nitrogens with zero attached hydrogens (tertiary/aromatic N) is 2. The topological polar surface area (TPSA) is 37.8 Å². The van der Waals surface area contributed by atoms with Crippen LogP contribution in [-0.4, -0.2) is 16.7 Å². The molecular weight excluding hydrogens is 346 g/mol. The van der Waals surface area contributed by atoms with Crippen LogP contribution in [-0.2, 0) is 12.2 Å². The van der Waals surface area contributed by atoms with Gasteiger partial charge >= 0.3 is 0 Å². The predicted molar refractivity (Wildman–Crippen MR) is 99.6 cm³/mol. The van der Waals surface area contributed by atoms with E-state index in [0.29, 0.717) is 0 Å². The quantitative estimate of drug-likeness (QED) is 0.591. The molecule has 0 fully saturated rings. The van der Waals surface area contributed by atoms with Crippen LogP contribution in [0.1, 0.15) is 11.1 Å². The van der Waals surface area contributed by atoms with Crippen LogP contribution in [0.5, 0.6) is 0 Å². The zero-order valence-corrected chi connectivity index (χ0v) is 14.8. The summed E-state index contributed by atoms with van der Waals surface area (Å²) in [5.41, 5.74) is 2.55. The van der Waals surface area contributed by atoms with Gasteiger partial charge in [-0.15, -0.1) is 10.2 Å². The molecule has 3 nitrogen and oxygen atoms in total. The molecule has 1 N–H and O–H groups in total. The predicted octanol–water partition coefficient (Wildman–Crippen LogP) is 5.14. The van der Waals surface area contributed by atoms with E-state index in [1.807, 2.05) is 30.3 Å². The zero-order valence-electron chi connectivity index (χ0n) is 12.4. The van der Waals surface area contributed by atoms with E-state index in [2.05, 4.69) is 39.8 Å². The summed E-state index contributed by atoms with van der Waals surface area (Å²) in [4.78, 5) is 0. The summed E-state index contributed by atoms with van der Waals surface area (Å²) in [5.74, 6) is 0.871. The Morgan fingerprint density at radius 2 is 1.74 bits per heavy atom. The van der Waals surface area contributed by atoms with Crippen molar-refractivity contribution in [1.82, 2.24) is 10.2 Å². The second-order valence-corrected chi connectivity index (χ2v) is 7.59. The third-order valence-electron chi connectivity index (χ3n) is 3.21. The van der Waals surface area contributed by atoms with E-state index >= 15 is 0 Å². The molecular formula is C17H16ClN3S2. The number of rotatable bonds is 7. The lowest BCUT2D eigenvalue weighted by molar-refractivity contribution is 0.972. The number of hydrogen-bond donors (Lipinski definition) is 1. The van der Waals surface area contributed by atoms with E-state index in [-0.39, 0.29) is 0 Å². The van der Waals surface area contributed by atoms with Crippen LogP contribution in [0.15, 0.2) is 58.9 Å². The van der Waals surface area contributed by atoms with E-state index in [0.717, 1.165) is 33.2 Å². The number of aromatic nitrogens is 2. The molecule has 23 heavy (non-hydrogen) atoms. The normalized spacial score (nSPS) is 10.7. The molecule has 0 saturated carbocycles. The fourth-order valence-electron chi connectivity index (χ4n) is 2.02. The van der Waals surface area contributed by atoms with Crippen LogP contribution in [0.3, 0.4) is 0 Å². The largest absolute Gasteiger partial charge is 0.360 e. The van der Waals surface area contributed by atoms with Crippen LogP contribution < -0.4 is 5.32 Å². The first-order valence-corrected chi connectivity index (χ1v) is 9.46. The van der Waals surface area contributed by atoms with Gasteiger partial charge in [-0.05, 0) is 29.7 Å². The third-order valence-corrected chi connectivity index (χ3v) is 5.55. The van der Waals surface area contributed by atoms with Crippen LogP contribution in [0, 0.1) is 0 Å². The molecule has 118 valence electrons. The van der Waals surface area contributed by atoms with Crippen molar-refractivity contribution in [2.24, 2.45) is 0 Å². The summed E-state index contributed by atoms with van der Waals surface area (Å²) in [6.07, 6.45) is 0.980. The van der Waals surface area contributed by atoms with Gasteiger partial charge in [0.2, 0.25) is 5.13 Å². The van der Waals surface area contributed by atoms with Crippen LogP contribution in [0.4, 0.5) is 5.13 Å². The summed E-state index contributed by atoms with van der Waals surface area (Å²) in [7, 11) is 0. The van der Waals surface area contributed by atoms with Gasteiger partial charge in [0.25, 0.3) is 0 Å². The van der Waals surface area contributed by atoms with E-state index in [1.54, 1.807) is 23.1 Å². The first kappa shape index (κ1) is 16.3. The second-order valence-electron chi connectivity index (χ2n) is 4.95. The Morgan fingerprint density at radius 1 is 0.957 bits per heavy atom. The molecule has 1 heterocycles. The van der Waals surface area contributed by atoms with Gasteiger partial charge in [-0.25, -0.2) is 0 Å². The Morgan fingerprint density at radius 3 is 2.52 bits per heavy atom. The van der Waals surface area contributed by atoms with Gasteiger partial charge in [0.1, 0.15) is 0 Å². The highest BCUT2D eigenvalue weighted by atomic mass is 35.5. The van der Waals surface area contributed by atoms with Crippen LogP contribution in [0.2, 0.25) is 5.02 Å². The lowest BCUT2D eigenvalue weighted by Gasteiger charge is -2.01. The molecule has 0 spiro atoms. The molecule has 0 aliphatic rings.